The minimum atomic E-state index is 0.770. The van der Waals surface area contributed by atoms with Crippen LogP contribution in [-0.2, 0) is 0 Å². The molecule has 0 bridgehead atoms. The normalized spacial score (nSPS) is 17.1. The van der Waals surface area contributed by atoms with Gasteiger partial charge in [0.05, 0.1) is 6.33 Å². The van der Waals surface area contributed by atoms with Crippen LogP contribution >= 0.6 is 15.9 Å². The topological polar surface area (TPSA) is 17.8 Å². The second-order valence-electron chi connectivity index (χ2n) is 5.75. The number of benzene rings is 1. The van der Waals surface area contributed by atoms with Crippen molar-refractivity contribution in [1.29, 1.82) is 0 Å². The highest BCUT2D eigenvalue weighted by Gasteiger charge is 2.16. The Morgan fingerprint density at radius 1 is 1.19 bits per heavy atom. The van der Waals surface area contributed by atoms with Crippen LogP contribution < -0.4 is 0 Å². The van der Waals surface area contributed by atoms with E-state index in [9.17, 15) is 0 Å². The lowest BCUT2D eigenvalue weighted by molar-refractivity contribution is 0.405. The molecule has 1 aromatic heterocycles. The minimum absolute atomic E-state index is 0.770. The highest BCUT2D eigenvalue weighted by atomic mass is 79.9. The molecule has 0 spiro atoms. The number of allylic oxidation sites excluding steroid dienone is 1. The standard InChI is InChI=1S/C18H21BrN2/c19-13-17(16-4-2-1-3-5-16)12-15-6-8-18(9-7-15)21-11-10-20-14-21/h6-12,14,16H,1-5,13H2/b17-12-. The van der Waals surface area contributed by atoms with Crippen LogP contribution in [0.2, 0.25) is 0 Å². The van der Waals surface area contributed by atoms with Crippen molar-refractivity contribution in [2.45, 2.75) is 32.1 Å². The highest BCUT2D eigenvalue weighted by Crippen LogP contribution is 2.31. The quantitative estimate of drug-likeness (QED) is 0.694. The molecule has 1 fully saturated rings. The van der Waals surface area contributed by atoms with E-state index in [0.29, 0.717) is 0 Å². The largest absolute Gasteiger partial charge is 0.306 e. The maximum absolute atomic E-state index is 4.09. The van der Waals surface area contributed by atoms with Gasteiger partial charge in [-0.1, -0.05) is 59.0 Å². The van der Waals surface area contributed by atoms with Crippen molar-refractivity contribution >= 4 is 22.0 Å². The molecule has 21 heavy (non-hydrogen) atoms. The predicted molar refractivity (Wildman–Crippen MR) is 91.9 cm³/mol. The summed E-state index contributed by atoms with van der Waals surface area (Å²) in [4.78, 5) is 4.09. The van der Waals surface area contributed by atoms with Crippen molar-refractivity contribution in [3.05, 3.63) is 54.1 Å². The molecule has 0 atom stereocenters. The third-order valence-corrected chi connectivity index (χ3v) is 4.98. The molecular formula is C18H21BrN2. The van der Waals surface area contributed by atoms with E-state index >= 15 is 0 Å². The number of rotatable bonds is 4. The van der Waals surface area contributed by atoms with E-state index in [0.717, 1.165) is 16.9 Å². The molecule has 1 aliphatic rings. The van der Waals surface area contributed by atoms with Crippen molar-refractivity contribution in [2.75, 3.05) is 5.33 Å². The van der Waals surface area contributed by atoms with Gasteiger partial charge in [0.25, 0.3) is 0 Å². The van der Waals surface area contributed by atoms with Crippen LogP contribution in [0.5, 0.6) is 0 Å². The van der Waals surface area contributed by atoms with Gasteiger partial charge in [0.2, 0.25) is 0 Å². The SMILES string of the molecule is BrC/C(=C/c1ccc(-n2ccnc2)cc1)C1CCCCC1. The van der Waals surface area contributed by atoms with Crippen molar-refractivity contribution in [1.82, 2.24) is 9.55 Å². The number of alkyl halides is 1. The lowest BCUT2D eigenvalue weighted by Crippen LogP contribution is -2.10. The van der Waals surface area contributed by atoms with Crippen LogP contribution in [0.1, 0.15) is 37.7 Å². The monoisotopic (exact) mass is 344 g/mol. The van der Waals surface area contributed by atoms with Gasteiger partial charge in [-0.05, 0) is 36.5 Å². The molecule has 0 radical (unpaired) electrons. The zero-order valence-electron chi connectivity index (χ0n) is 12.2. The fourth-order valence-corrected chi connectivity index (χ4v) is 3.73. The van der Waals surface area contributed by atoms with E-state index in [-0.39, 0.29) is 0 Å². The van der Waals surface area contributed by atoms with E-state index in [2.05, 4.69) is 51.3 Å². The van der Waals surface area contributed by atoms with Crippen LogP contribution in [0.25, 0.3) is 11.8 Å². The van der Waals surface area contributed by atoms with Gasteiger partial charge in [0, 0.05) is 23.4 Å². The maximum Gasteiger partial charge on any atom is 0.0991 e. The molecular weight excluding hydrogens is 324 g/mol. The van der Waals surface area contributed by atoms with E-state index in [1.54, 1.807) is 11.8 Å². The summed E-state index contributed by atoms with van der Waals surface area (Å²) >= 11 is 3.67. The summed E-state index contributed by atoms with van der Waals surface area (Å²) in [6.45, 7) is 0. The smallest absolute Gasteiger partial charge is 0.0991 e. The van der Waals surface area contributed by atoms with Crippen LogP contribution in [0.3, 0.4) is 0 Å². The maximum atomic E-state index is 4.09. The fourth-order valence-electron chi connectivity index (χ4n) is 3.11. The van der Waals surface area contributed by atoms with Gasteiger partial charge in [-0.25, -0.2) is 4.98 Å². The van der Waals surface area contributed by atoms with Crippen LogP contribution in [0.15, 0.2) is 48.6 Å². The van der Waals surface area contributed by atoms with Crippen LogP contribution in [0.4, 0.5) is 0 Å². The van der Waals surface area contributed by atoms with Crippen molar-refractivity contribution in [3.8, 4) is 5.69 Å². The lowest BCUT2D eigenvalue weighted by Gasteiger charge is -2.23. The molecule has 0 saturated heterocycles. The highest BCUT2D eigenvalue weighted by molar-refractivity contribution is 9.09. The molecule has 1 saturated carbocycles. The Kier molecular flexibility index (Phi) is 4.91. The van der Waals surface area contributed by atoms with Gasteiger partial charge >= 0.3 is 0 Å². The Labute approximate surface area is 135 Å². The number of imidazole rings is 1. The van der Waals surface area contributed by atoms with Gasteiger partial charge in [0.15, 0.2) is 0 Å². The Bertz CT molecular complexity index is 578. The first-order valence-corrected chi connectivity index (χ1v) is 8.84. The molecule has 110 valence electrons. The second kappa shape index (κ2) is 7.08. The van der Waals surface area contributed by atoms with Crippen LogP contribution in [-0.4, -0.2) is 14.9 Å². The molecule has 0 amide bonds. The number of nitrogens with zero attached hydrogens (tertiary/aromatic N) is 2. The molecule has 3 heteroatoms. The number of hydrogen-bond donors (Lipinski definition) is 0. The summed E-state index contributed by atoms with van der Waals surface area (Å²) in [7, 11) is 0. The van der Waals surface area contributed by atoms with Crippen molar-refractivity contribution in [3.63, 3.8) is 0 Å². The molecule has 3 rings (SSSR count). The van der Waals surface area contributed by atoms with Gasteiger partial charge in [-0.2, -0.15) is 0 Å². The summed E-state index contributed by atoms with van der Waals surface area (Å²) in [5, 5.41) is 0.987. The third-order valence-electron chi connectivity index (χ3n) is 4.33. The molecule has 2 nitrogen and oxygen atoms in total. The summed E-state index contributed by atoms with van der Waals surface area (Å²) in [5.74, 6) is 0.770. The lowest BCUT2D eigenvalue weighted by atomic mass is 9.84. The first kappa shape index (κ1) is 14.6. The summed E-state index contributed by atoms with van der Waals surface area (Å²) < 4.78 is 2.03. The average molecular weight is 345 g/mol. The van der Waals surface area contributed by atoms with Gasteiger partial charge in [-0.3, -0.25) is 0 Å². The average Bonchev–Trinajstić information content (AvgIpc) is 3.08. The minimum Gasteiger partial charge on any atom is -0.306 e. The summed E-state index contributed by atoms with van der Waals surface area (Å²) in [5.41, 5.74) is 3.99. The van der Waals surface area contributed by atoms with Crippen molar-refractivity contribution in [2.24, 2.45) is 5.92 Å². The summed E-state index contributed by atoms with van der Waals surface area (Å²) in [6.07, 6.45) is 14.8. The summed E-state index contributed by atoms with van der Waals surface area (Å²) in [6, 6.07) is 8.70. The van der Waals surface area contributed by atoms with Crippen molar-refractivity contribution < 1.29 is 0 Å². The molecule has 1 heterocycles. The Morgan fingerprint density at radius 3 is 2.57 bits per heavy atom. The van der Waals surface area contributed by atoms with E-state index in [4.69, 9.17) is 0 Å². The predicted octanol–water partition coefficient (Wildman–Crippen LogP) is 5.23. The number of hydrogen-bond acceptors (Lipinski definition) is 1. The molecule has 2 aromatic rings. The van der Waals surface area contributed by atoms with Crippen LogP contribution in [0, 0.1) is 5.92 Å². The Balaban J connectivity index is 1.77. The zero-order chi connectivity index (χ0) is 14.5. The number of halogens is 1. The Morgan fingerprint density at radius 2 is 1.95 bits per heavy atom. The van der Waals surface area contributed by atoms with E-state index in [1.807, 2.05) is 17.1 Å². The van der Waals surface area contributed by atoms with Gasteiger partial charge < -0.3 is 4.57 Å². The molecule has 1 aromatic carbocycles. The first-order valence-electron chi connectivity index (χ1n) is 7.71. The van der Waals surface area contributed by atoms with Gasteiger partial charge in [-0.15, -0.1) is 0 Å². The first-order chi connectivity index (χ1) is 10.4. The molecule has 0 aliphatic heterocycles. The zero-order valence-corrected chi connectivity index (χ0v) is 13.8. The number of aromatic nitrogens is 2. The molecule has 0 unspecified atom stereocenters. The second-order valence-corrected chi connectivity index (χ2v) is 6.31. The molecule has 0 N–H and O–H groups in total. The van der Waals surface area contributed by atoms with Gasteiger partial charge in [0.1, 0.15) is 0 Å². The van der Waals surface area contributed by atoms with E-state index < -0.39 is 0 Å². The third kappa shape index (κ3) is 3.65. The molecule has 1 aliphatic carbocycles. The fraction of sp³-hybridized carbons (Fsp3) is 0.389. The Hall–Kier alpha value is -1.35. The van der Waals surface area contributed by atoms with E-state index in [1.165, 1.54) is 37.7 Å².